The predicted molar refractivity (Wildman–Crippen MR) is 166 cm³/mol. The molecule has 1 saturated heterocycles. The second-order valence-corrected chi connectivity index (χ2v) is 11.9. The van der Waals surface area contributed by atoms with Crippen molar-refractivity contribution in [3.05, 3.63) is 82.8 Å². The molecule has 0 unspecified atom stereocenters. The maximum Gasteiger partial charge on any atom is 0.408 e. The Morgan fingerprint density at radius 3 is 2.42 bits per heavy atom. The summed E-state index contributed by atoms with van der Waals surface area (Å²) in [7, 11) is 0. The number of nitrogens with zero attached hydrogens (tertiary/aromatic N) is 3. The number of carbonyl (C=O) groups excluding carboxylic acids is 2. The molecule has 0 saturated carbocycles. The third kappa shape index (κ3) is 5.99. The van der Waals surface area contributed by atoms with Gasteiger partial charge in [0.15, 0.2) is 0 Å². The van der Waals surface area contributed by atoms with Crippen molar-refractivity contribution in [2.24, 2.45) is 0 Å². The average Bonchev–Trinajstić information content (AvgIpc) is 3.64. The van der Waals surface area contributed by atoms with Gasteiger partial charge in [-0.2, -0.15) is 0 Å². The summed E-state index contributed by atoms with van der Waals surface area (Å²) in [4.78, 5) is 55.1. The van der Waals surface area contributed by atoms with Crippen LogP contribution in [0.2, 0.25) is 0 Å². The van der Waals surface area contributed by atoms with E-state index in [2.05, 4.69) is 56.7 Å². The number of hydrogen-bond acceptors (Lipinski definition) is 6. The van der Waals surface area contributed by atoms with Crippen molar-refractivity contribution in [1.29, 1.82) is 0 Å². The van der Waals surface area contributed by atoms with Gasteiger partial charge in [-0.25, -0.2) is 14.8 Å². The number of H-pyrrole nitrogens is 2. The van der Waals surface area contributed by atoms with Crippen molar-refractivity contribution < 1.29 is 14.3 Å². The number of rotatable bonds is 5. The first kappa shape index (κ1) is 28.1. The van der Waals surface area contributed by atoms with Crippen LogP contribution in [0.1, 0.15) is 51.3 Å². The van der Waals surface area contributed by atoms with Crippen LogP contribution in [0.3, 0.4) is 0 Å². The molecule has 3 N–H and O–H groups in total. The number of fused-ring (bicyclic) bond motifs is 2. The Labute approximate surface area is 248 Å². The van der Waals surface area contributed by atoms with Crippen LogP contribution in [-0.2, 0) is 9.53 Å². The Bertz CT molecular complexity index is 1920. The van der Waals surface area contributed by atoms with Gasteiger partial charge < -0.3 is 24.9 Å². The van der Waals surface area contributed by atoms with Gasteiger partial charge in [-0.05, 0) is 86.7 Å². The summed E-state index contributed by atoms with van der Waals surface area (Å²) >= 11 is 0. The van der Waals surface area contributed by atoms with E-state index < -0.39 is 11.7 Å². The molecule has 1 aliphatic rings. The van der Waals surface area contributed by atoms with Crippen LogP contribution >= 0.6 is 0 Å². The summed E-state index contributed by atoms with van der Waals surface area (Å²) in [6.07, 6.45) is 2.62. The Kier molecular flexibility index (Phi) is 7.21. The van der Waals surface area contributed by atoms with Crippen molar-refractivity contribution >= 4 is 33.7 Å². The Morgan fingerprint density at radius 2 is 1.70 bits per heavy atom. The quantitative estimate of drug-likeness (QED) is 0.248. The molecule has 2 amide bonds. The van der Waals surface area contributed by atoms with Crippen LogP contribution in [0.15, 0.2) is 65.6 Å². The largest absolute Gasteiger partial charge is 0.444 e. The number of alkyl carbamates (subject to hydrolysis) is 1. The minimum absolute atomic E-state index is 0.196. The first-order valence-electron chi connectivity index (χ1n) is 14.4. The molecule has 6 rings (SSSR count). The lowest BCUT2D eigenvalue weighted by Gasteiger charge is -2.25. The zero-order valence-corrected chi connectivity index (χ0v) is 24.7. The van der Waals surface area contributed by atoms with Gasteiger partial charge in [-0.1, -0.05) is 30.3 Å². The zero-order valence-electron chi connectivity index (χ0n) is 24.7. The first-order chi connectivity index (χ1) is 20.5. The smallest absolute Gasteiger partial charge is 0.408 e. The van der Waals surface area contributed by atoms with E-state index in [4.69, 9.17) is 9.72 Å². The lowest BCUT2D eigenvalue weighted by Crippen LogP contribution is -2.42. The molecule has 10 heteroatoms. The van der Waals surface area contributed by atoms with Crippen LogP contribution in [0.4, 0.5) is 4.79 Å². The molecule has 0 bridgehead atoms. The Balaban J connectivity index is 1.25. The SMILES string of the molecule is Cc1ncc(-c2ccc3cc(-c4ccc5c(=O)[nH]c([C@@H]6CCCN6C(=O)CNC(=O)OC(C)(C)C)nc5c4)ccc3c2)[nH]1. The van der Waals surface area contributed by atoms with Crippen LogP contribution < -0.4 is 10.9 Å². The van der Waals surface area contributed by atoms with Gasteiger partial charge >= 0.3 is 6.09 Å². The summed E-state index contributed by atoms with van der Waals surface area (Å²) in [5.74, 6) is 1.06. The number of ether oxygens (including phenoxy) is 1. The van der Waals surface area contributed by atoms with E-state index in [1.54, 1.807) is 31.7 Å². The van der Waals surface area contributed by atoms with Gasteiger partial charge in [0.1, 0.15) is 23.8 Å². The number of carbonyl (C=O) groups is 2. The molecule has 0 radical (unpaired) electrons. The fraction of sp³-hybridized carbons (Fsp3) is 0.303. The highest BCUT2D eigenvalue weighted by molar-refractivity contribution is 5.92. The Morgan fingerprint density at radius 1 is 1.00 bits per heavy atom. The topological polar surface area (TPSA) is 133 Å². The van der Waals surface area contributed by atoms with Gasteiger partial charge in [0, 0.05) is 12.1 Å². The minimum Gasteiger partial charge on any atom is -0.444 e. The highest BCUT2D eigenvalue weighted by Gasteiger charge is 2.32. The molecule has 0 spiro atoms. The van der Waals surface area contributed by atoms with E-state index in [-0.39, 0.29) is 24.1 Å². The minimum atomic E-state index is -0.660. The zero-order chi connectivity index (χ0) is 30.3. The van der Waals surface area contributed by atoms with Gasteiger partial charge in [-0.15, -0.1) is 0 Å². The number of benzene rings is 3. The lowest BCUT2D eigenvalue weighted by atomic mass is 9.98. The molecule has 1 atom stereocenters. The second kappa shape index (κ2) is 11.0. The molecule has 1 fully saturated rings. The lowest BCUT2D eigenvalue weighted by molar-refractivity contribution is -0.131. The van der Waals surface area contributed by atoms with Crippen molar-refractivity contribution in [1.82, 2.24) is 30.2 Å². The van der Waals surface area contributed by atoms with Crippen molar-refractivity contribution in [2.45, 2.75) is 52.2 Å². The fourth-order valence-electron chi connectivity index (χ4n) is 5.57. The monoisotopic (exact) mass is 578 g/mol. The molecule has 2 aromatic heterocycles. The normalized spacial score (nSPS) is 15.3. The van der Waals surface area contributed by atoms with Crippen molar-refractivity contribution in [3.63, 3.8) is 0 Å². The number of aryl methyl sites for hydroxylation is 1. The number of imidazole rings is 1. The molecular formula is C33H34N6O4. The predicted octanol–water partition coefficient (Wildman–Crippen LogP) is 5.63. The van der Waals surface area contributed by atoms with Gasteiger partial charge in [-0.3, -0.25) is 9.59 Å². The van der Waals surface area contributed by atoms with Crippen LogP contribution in [0, 0.1) is 6.92 Å². The molecule has 3 aromatic carbocycles. The molecule has 0 aliphatic carbocycles. The molecule has 1 aliphatic heterocycles. The standard InChI is InChI=1S/C33H34N6O4/c1-19-34-17-27(36-19)24-10-9-20-14-21(7-8-22(20)15-24)23-11-12-25-26(16-23)37-30(38-31(25)41)28-6-5-13-39(28)29(40)18-35-32(42)43-33(2,3)4/h7-12,14-17,28H,5-6,13,18H2,1-4H3,(H,34,36)(H,35,42)(H,37,38,41)/t28-/m0/s1. The second-order valence-electron chi connectivity index (χ2n) is 11.9. The average molecular weight is 579 g/mol. The first-order valence-corrected chi connectivity index (χ1v) is 14.4. The van der Waals surface area contributed by atoms with Gasteiger partial charge in [0.2, 0.25) is 5.91 Å². The summed E-state index contributed by atoms with van der Waals surface area (Å²) in [5.41, 5.74) is 3.65. The van der Waals surface area contributed by atoms with E-state index in [0.717, 1.165) is 45.4 Å². The molecule has 10 nitrogen and oxygen atoms in total. The molecule has 43 heavy (non-hydrogen) atoms. The fourth-order valence-corrected chi connectivity index (χ4v) is 5.57. The Hall–Kier alpha value is -4.99. The van der Waals surface area contributed by atoms with E-state index in [0.29, 0.717) is 29.7 Å². The van der Waals surface area contributed by atoms with Crippen molar-refractivity contribution in [3.8, 4) is 22.4 Å². The van der Waals surface area contributed by atoms with E-state index in [9.17, 15) is 14.4 Å². The van der Waals surface area contributed by atoms with Gasteiger partial charge in [0.25, 0.3) is 5.56 Å². The number of likely N-dealkylation sites (tertiary alicyclic amines) is 1. The van der Waals surface area contributed by atoms with E-state index in [1.807, 2.05) is 25.3 Å². The van der Waals surface area contributed by atoms with Crippen molar-refractivity contribution in [2.75, 3.05) is 13.1 Å². The third-order valence-corrected chi connectivity index (χ3v) is 7.58. The van der Waals surface area contributed by atoms with E-state index in [1.165, 1.54) is 0 Å². The van der Waals surface area contributed by atoms with E-state index >= 15 is 0 Å². The summed E-state index contributed by atoms with van der Waals surface area (Å²) < 4.78 is 5.24. The number of hydrogen-bond donors (Lipinski definition) is 3. The number of nitrogens with one attached hydrogen (secondary N) is 3. The third-order valence-electron chi connectivity index (χ3n) is 7.58. The highest BCUT2D eigenvalue weighted by atomic mass is 16.6. The van der Waals surface area contributed by atoms with Crippen LogP contribution in [0.5, 0.6) is 0 Å². The number of amides is 2. The van der Waals surface area contributed by atoms with Crippen LogP contribution in [0.25, 0.3) is 44.1 Å². The highest BCUT2D eigenvalue weighted by Crippen LogP contribution is 2.32. The van der Waals surface area contributed by atoms with Gasteiger partial charge in [0.05, 0.1) is 28.8 Å². The molecule has 3 heterocycles. The molecular weight excluding hydrogens is 544 g/mol. The number of aromatic amines is 2. The maximum absolute atomic E-state index is 13.1. The molecule has 220 valence electrons. The summed E-state index contributed by atoms with van der Waals surface area (Å²) in [6.45, 7) is 7.53. The number of aromatic nitrogens is 4. The van der Waals surface area contributed by atoms with Crippen LogP contribution in [-0.4, -0.2) is 55.5 Å². The summed E-state index contributed by atoms with van der Waals surface area (Å²) in [6, 6.07) is 17.8. The molecule has 5 aromatic rings. The summed E-state index contributed by atoms with van der Waals surface area (Å²) in [5, 5.41) is 5.22. The maximum atomic E-state index is 13.1.